The second-order valence-corrected chi connectivity index (χ2v) is 13.4. The van der Waals surface area contributed by atoms with Gasteiger partial charge in [-0.1, -0.05) is 127 Å². The van der Waals surface area contributed by atoms with E-state index in [4.69, 9.17) is 9.41 Å². The van der Waals surface area contributed by atoms with Crippen molar-refractivity contribution >= 4 is 70.1 Å². The Balaban J connectivity index is 1.15. The summed E-state index contributed by atoms with van der Waals surface area (Å²) in [6.45, 7) is 0. The van der Waals surface area contributed by atoms with Crippen LogP contribution in [0.15, 0.2) is 161 Å². The maximum absolute atomic E-state index is 6.27. The monoisotopic (exact) mass is 635 g/mol. The molecule has 7 aromatic carbocycles. The van der Waals surface area contributed by atoms with Gasteiger partial charge in [-0.3, -0.25) is 5.32 Å². The number of fused-ring (bicyclic) bond motifs is 7. The molecular weight excluding hydrogens is 607 g/mol. The fraction of sp³-hybridized carbons (Fsp3) is 0.0465. The fourth-order valence-electron chi connectivity index (χ4n) is 7.46. The average molecular weight is 636 g/mol. The number of amidine groups is 1. The summed E-state index contributed by atoms with van der Waals surface area (Å²) >= 11 is 1.84. The molecule has 9 aromatic rings. The molecule has 48 heavy (non-hydrogen) atoms. The summed E-state index contributed by atoms with van der Waals surface area (Å²) < 4.78 is 8.84. The molecule has 0 spiro atoms. The SMILES string of the molecule is c1ccc(C2=NC(c3cccc4sc5ccccc5c34)NC(c3ccc(-c4cccc5oc6ccccc6c45)c4ccccc34)N2)cc1. The predicted molar refractivity (Wildman–Crippen MR) is 201 cm³/mol. The first-order chi connectivity index (χ1) is 23.8. The summed E-state index contributed by atoms with van der Waals surface area (Å²) in [5.74, 6) is 0.878. The Hall–Kier alpha value is -5.75. The van der Waals surface area contributed by atoms with Gasteiger partial charge >= 0.3 is 0 Å². The standard InChI is InChI=1S/C43H29N3OS/c1-2-12-26(13-3-1)41-44-42(46-43(45-41)34-19-11-23-38-40(34)33-17-7-9-22-37(33)48-38)31-25-24-29(27-14-4-5-15-28(27)31)30-18-10-21-36-39(30)32-16-6-8-20-35(32)47-36/h1-25,42-43,46H,(H,44,45). The van der Waals surface area contributed by atoms with Gasteiger partial charge in [0.25, 0.3) is 0 Å². The van der Waals surface area contributed by atoms with Crippen LogP contribution in [-0.2, 0) is 0 Å². The van der Waals surface area contributed by atoms with Crippen LogP contribution in [0.1, 0.15) is 29.0 Å². The first-order valence-electron chi connectivity index (χ1n) is 16.3. The van der Waals surface area contributed by atoms with Gasteiger partial charge in [-0.2, -0.15) is 0 Å². The molecule has 0 fully saturated rings. The Morgan fingerprint density at radius 2 is 1.21 bits per heavy atom. The van der Waals surface area contributed by atoms with Gasteiger partial charge < -0.3 is 9.73 Å². The van der Waals surface area contributed by atoms with Crippen molar-refractivity contribution in [2.45, 2.75) is 12.3 Å². The quantitative estimate of drug-likeness (QED) is 0.202. The number of rotatable bonds is 4. The van der Waals surface area contributed by atoms with Gasteiger partial charge in [0.15, 0.2) is 0 Å². The normalized spacial score (nSPS) is 16.5. The highest BCUT2D eigenvalue weighted by molar-refractivity contribution is 7.25. The second kappa shape index (κ2) is 10.9. The number of hydrogen-bond donors (Lipinski definition) is 2. The molecule has 0 aliphatic carbocycles. The minimum atomic E-state index is -0.252. The molecule has 1 aliphatic heterocycles. The number of furan rings is 1. The maximum atomic E-state index is 6.27. The summed E-state index contributed by atoms with van der Waals surface area (Å²) in [4.78, 5) is 5.33. The summed E-state index contributed by atoms with van der Waals surface area (Å²) in [6.07, 6.45) is -0.440. The van der Waals surface area contributed by atoms with Gasteiger partial charge in [0.2, 0.25) is 0 Å². The molecule has 3 heterocycles. The highest BCUT2D eigenvalue weighted by Crippen LogP contribution is 2.42. The van der Waals surface area contributed by atoms with Gasteiger partial charge in [-0.15, -0.1) is 11.3 Å². The van der Waals surface area contributed by atoms with Gasteiger partial charge in [0.1, 0.15) is 29.3 Å². The van der Waals surface area contributed by atoms with Crippen molar-refractivity contribution in [3.63, 3.8) is 0 Å². The average Bonchev–Trinajstić information content (AvgIpc) is 3.73. The van der Waals surface area contributed by atoms with Crippen molar-refractivity contribution in [1.29, 1.82) is 0 Å². The zero-order valence-corrected chi connectivity index (χ0v) is 26.7. The van der Waals surface area contributed by atoms with E-state index in [0.29, 0.717) is 0 Å². The van der Waals surface area contributed by atoms with E-state index >= 15 is 0 Å². The summed E-state index contributed by atoms with van der Waals surface area (Å²) in [6, 6.07) is 53.7. The van der Waals surface area contributed by atoms with Crippen molar-refractivity contribution in [2.75, 3.05) is 0 Å². The molecule has 0 radical (unpaired) electrons. The molecule has 4 nitrogen and oxygen atoms in total. The third-order valence-corrected chi connectivity index (χ3v) is 10.7. The van der Waals surface area contributed by atoms with Crippen LogP contribution in [-0.4, -0.2) is 5.84 Å². The van der Waals surface area contributed by atoms with E-state index in [1.165, 1.54) is 53.2 Å². The summed E-state index contributed by atoms with van der Waals surface area (Å²) in [7, 11) is 0. The Morgan fingerprint density at radius 3 is 2.10 bits per heavy atom. The number of benzene rings is 7. The van der Waals surface area contributed by atoms with Crippen molar-refractivity contribution in [2.24, 2.45) is 4.99 Å². The summed E-state index contributed by atoms with van der Waals surface area (Å²) in [5.41, 5.74) is 7.59. The smallest absolute Gasteiger partial charge is 0.136 e. The lowest BCUT2D eigenvalue weighted by atomic mass is 9.91. The third-order valence-electron chi connectivity index (χ3n) is 9.60. The molecule has 0 amide bonds. The zero-order valence-electron chi connectivity index (χ0n) is 25.9. The van der Waals surface area contributed by atoms with Crippen molar-refractivity contribution < 1.29 is 4.42 Å². The molecule has 2 unspecified atom stereocenters. The Kier molecular flexibility index (Phi) is 6.22. The molecule has 228 valence electrons. The highest BCUT2D eigenvalue weighted by atomic mass is 32.1. The predicted octanol–water partition coefficient (Wildman–Crippen LogP) is 11.1. The van der Waals surface area contributed by atoms with Crippen LogP contribution >= 0.6 is 11.3 Å². The zero-order chi connectivity index (χ0) is 31.6. The number of thiophene rings is 1. The molecule has 10 rings (SSSR count). The molecule has 0 bridgehead atoms. The topological polar surface area (TPSA) is 49.6 Å². The van der Waals surface area contributed by atoms with Gasteiger partial charge in [0, 0.05) is 42.1 Å². The van der Waals surface area contributed by atoms with Crippen LogP contribution < -0.4 is 10.6 Å². The Bertz CT molecular complexity index is 2710. The molecule has 2 atom stereocenters. The third kappa shape index (κ3) is 4.29. The first-order valence-corrected chi connectivity index (χ1v) is 17.1. The van der Waals surface area contributed by atoms with Crippen molar-refractivity contribution in [1.82, 2.24) is 10.6 Å². The lowest BCUT2D eigenvalue weighted by molar-refractivity contribution is 0.413. The lowest BCUT2D eigenvalue weighted by Crippen LogP contribution is -2.45. The lowest BCUT2D eigenvalue weighted by Gasteiger charge is -2.33. The van der Waals surface area contributed by atoms with Gasteiger partial charge in [-0.25, -0.2) is 4.99 Å². The first kappa shape index (κ1) is 27.4. The number of aliphatic imine (C=N–C) groups is 1. The Labute approximate surface area is 281 Å². The molecular formula is C43H29N3OS. The number of hydrogen-bond acceptors (Lipinski definition) is 5. The minimum Gasteiger partial charge on any atom is -0.456 e. The van der Waals surface area contributed by atoms with Crippen LogP contribution in [0.5, 0.6) is 0 Å². The molecule has 2 N–H and O–H groups in total. The van der Waals surface area contributed by atoms with E-state index in [-0.39, 0.29) is 12.3 Å². The summed E-state index contributed by atoms with van der Waals surface area (Å²) in [5, 5.41) is 14.9. The molecule has 0 saturated heterocycles. The van der Waals surface area contributed by atoms with E-state index in [0.717, 1.165) is 33.3 Å². The van der Waals surface area contributed by atoms with Gasteiger partial charge in [0.05, 0.1) is 0 Å². The maximum Gasteiger partial charge on any atom is 0.136 e. The van der Waals surface area contributed by atoms with Crippen molar-refractivity contribution in [3.8, 4) is 11.1 Å². The van der Waals surface area contributed by atoms with Crippen LogP contribution in [0, 0.1) is 0 Å². The van der Waals surface area contributed by atoms with Gasteiger partial charge in [-0.05, 0) is 51.7 Å². The van der Waals surface area contributed by atoms with E-state index in [1.807, 2.05) is 29.5 Å². The van der Waals surface area contributed by atoms with E-state index in [2.05, 4.69) is 144 Å². The van der Waals surface area contributed by atoms with E-state index in [9.17, 15) is 0 Å². The number of nitrogens with one attached hydrogen (secondary N) is 2. The van der Waals surface area contributed by atoms with Crippen LogP contribution in [0.3, 0.4) is 0 Å². The van der Waals surface area contributed by atoms with E-state index < -0.39 is 0 Å². The van der Waals surface area contributed by atoms with Crippen LogP contribution in [0.2, 0.25) is 0 Å². The van der Waals surface area contributed by atoms with Crippen LogP contribution in [0.4, 0.5) is 0 Å². The molecule has 1 aliphatic rings. The number of nitrogens with zero attached hydrogens (tertiary/aromatic N) is 1. The molecule has 0 saturated carbocycles. The second-order valence-electron chi connectivity index (χ2n) is 12.3. The Morgan fingerprint density at radius 1 is 0.500 bits per heavy atom. The van der Waals surface area contributed by atoms with E-state index in [1.54, 1.807) is 0 Å². The molecule has 5 heteroatoms. The van der Waals surface area contributed by atoms with Crippen molar-refractivity contribution in [3.05, 3.63) is 168 Å². The largest absolute Gasteiger partial charge is 0.456 e. The minimum absolute atomic E-state index is 0.188. The number of para-hydroxylation sites is 1. The molecule has 2 aromatic heterocycles. The fourth-order valence-corrected chi connectivity index (χ4v) is 8.60. The van der Waals surface area contributed by atoms with Crippen LogP contribution in [0.25, 0.3) is 64.0 Å². The highest BCUT2D eigenvalue weighted by Gasteiger charge is 2.29.